The van der Waals surface area contributed by atoms with Crippen molar-refractivity contribution in [1.29, 1.82) is 0 Å². The number of phenolic OH excluding ortho intramolecular Hbond substituents is 2. The van der Waals surface area contributed by atoms with Gasteiger partial charge in [-0.2, -0.15) is 0 Å². The summed E-state index contributed by atoms with van der Waals surface area (Å²) in [7, 11) is -1.26. The van der Waals surface area contributed by atoms with Gasteiger partial charge >= 0.3 is 0 Å². The lowest BCUT2D eigenvalue weighted by atomic mass is 9.43. The monoisotopic (exact) mass is 378 g/mol. The van der Waals surface area contributed by atoms with E-state index in [1.165, 1.54) is 25.3 Å². The van der Waals surface area contributed by atoms with E-state index in [1.807, 2.05) is 0 Å². The minimum Gasteiger partial charge on any atom is -0.508 e. The van der Waals surface area contributed by atoms with E-state index in [2.05, 4.69) is 34.6 Å². The predicted molar refractivity (Wildman–Crippen MR) is 107 cm³/mol. The first-order valence-corrected chi connectivity index (χ1v) is 11.4. The molecule has 26 heavy (non-hydrogen) atoms. The highest BCUT2D eigenvalue weighted by atomic mass is 32.2. The van der Waals surface area contributed by atoms with Gasteiger partial charge in [-0.05, 0) is 54.4 Å². The van der Waals surface area contributed by atoms with Gasteiger partial charge < -0.3 is 10.2 Å². The maximum absolute atomic E-state index is 12.4. The molecule has 0 spiro atoms. The summed E-state index contributed by atoms with van der Waals surface area (Å²) in [5, 5.41) is 20.7. The fraction of sp³-hybridized carbons (Fsp3) is 0.727. The zero-order valence-electron chi connectivity index (χ0n) is 17.1. The quantitative estimate of drug-likeness (QED) is 0.729. The lowest BCUT2D eigenvalue weighted by molar-refractivity contribution is -0.0985. The summed E-state index contributed by atoms with van der Waals surface area (Å²) in [6.45, 7) is 11.8. The molecular weight excluding hydrogens is 344 g/mol. The van der Waals surface area contributed by atoms with E-state index in [0.29, 0.717) is 22.1 Å². The van der Waals surface area contributed by atoms with E-state index in [9.17, 15) is 14.4 Å². The van der Waals surface area contributed by atoms with Crippen molar-refractivity contribution in [3.63, 3.8) is 0 Å². The second-order valence-corrected chi connectivity index (χ2v) is 11.2. The molecule has 2 fully saturated rings. The highest BCUT2D eigenvalue weighted by molar-refractivity contribution is 7.84. The fourth-order valence-electron chi connectivity index (χ4n) is 6.52. The zero-order chi connectivity index (χ0) is 19.5. The van der Waals surface area contributed by atoms with Gasteiger partial charge in [-0.3, -0.25) is 4.21 Å². The lowest BCUT2D eigenvalue weighted by Gasteiger charge is -2.62. The van der Waals surface area contributed by atoms with Crippen LogP contribution in [0.5, 0.6) is 11.5 Å². The van der Waals surface area contributed by atoms with Crippen LogP contribution in [0.4, 0.5) is 0 Å². The third-order valence-electron chi connectivity index (χ3n) is 8.12. The highest BCUT2D eigenvalue weighted by Gasteiger charge is 2.57. The average molecular weight is 379 g/mol. The van der Waals surface area contributed by atoms with Crippen LogP contribution in [-0.2, 0) is 16.2 Å². The Labute approximate surface area is 160 Å². The van der Waals surface area contributed by atoms with Crippen LogP contribution in [-0.4, -0.2) is 20.7 Å². The first-order valence-electron chi connectivity index (χ1n) is 9.83. The van der Waals surface area contributed by atoms with Gasteiger partial charge in [-0.25, -0.2) is 0 Å². The van der Waals surface area contributed by atoms with Crippen LogP contribution in [0.3, 0.4) is 0 Å². The Kier molecular flexibility index (Phi) is 4.74. The minimum absolute atomic E-state index is 0.0219. The number of fused-ring (bicyclic) bond motifs is 1. The highest BCUT2D eigenvalue weighted by Crippen LogP contribution is 2.65. The predicted octanol–water partition coefficient (Wildman–Crippen LogP) is 5.36. The molecule has 0 amide bonds. The van der Waals surface area contributed by atoms with E-state index >= 15 is 0 Å². The van der Waals surface area contributed by atoms with E-state index in [4.69, 9.17) is 0 Å². The first-order chi connectivity index (χ1) is 11.9. The molecule has 4 heteroatoms. The molecule has 0 aliphatic heterocycles. The first kappa shape index (κ1) is 19.7. The molecule has 146 valence electrons. The van der Waals surface area contributed by atoms with Crippen LogP contribution in [0.25, 0.3) is 0 Å². The maximum atomic E-state index is 12.4. The Hall–Kier alpha value is -1.03. The minimum atomic E-state index is -1.26. The van der Waals surface area contributed by atoms with Crippen LogP contribution >= 0.6 is 0 Å². The Morgan fingerprint density at radius 3 is 2.35 bits per heavy atom. The second-order valence-electron chi connectivity index (χ2n) is 9.87. The van der Waals surface area contributed by atoms with Gasteiger partial charge in [0.05, 0.1) is 10.8 Å². The molecule has 2 aliphatic rings. The van der Waals surface area contributed by atoms with Gasteiger partial charge in [0.1, 0.15) is 11.5 Å². The molecule has 0 radical (unpaired) electrons. The van der Waals surface area contributed by atoms with Crippen LogP contribution in [0.1, 0.15) is 72.3 Å². The Morgan fingerprint density at radius 2 is 1.73 bits per heavy atom. The molecule has 0 aromatic heterocycles. The molecule has 3 nitrogen and oxygen atoms in total. The molecule has 0 heterocycles. The molecule has 5 atom stereocenters. The van der Waals surface area contributed by atoms with Gasteiger partial charge in [0.2, 0.25) is 0 Å². The van der Waals surface area contributed by atoms with Gasteiger partial charge in [0, 0.05) is 28.2 Å². The number of aromatic hydroxyl groups is 2. The molecule has 3 rings (SSSR count). The summed E-state index contributed by atoms with van der Waals surface area (Å²) in [5.41, 5.74) is 1.07. The van der Waals surface area contributed by atoms with Crippen LogP contribution in [0.2, 0.25) is 0 Å². The van der Waals surface area contributed by atoms with Crippen LogP contribution in [0.15, 0.2) is 17.0 Å². The summed E-state index contributed by atoms with van der Waals surface area (Å²) in [4.78, 5) is 0.578. The van der Waals surface area contributed by atoms with Crippen molar-refractivity contribution in [3.8, 4) is 11.5 Å². The van der Waals surface area contributed by atoms with Crippen molar-refractivity contribution in [1.82, 2.24) is 0 Å². The van der Waals surface area contributed by atoms with Gasteiger partial charge in [-0.1, -0.05) is 41.0 Å². The average Bonchev–Trinajstić information content (AvgIpc) is 2.50. The van der Waals surface area contributed by atoms with Crippen molar-refractivity contribution in [2.45, 2.75) is 77.0 Å². The number of benzene rings is 1. The smallest absolute Gasteiger partial charge is 0.124 e. The summed E-state index contributed by atoms with van der Waals surface area (Å²) >= 11 is 0. The fourth-order valence-corrected chi connectivity index (χ4v) is 7.43. The Balaban J connectivity index is 2.14. The van der Waals surface area contributed by atoms with Crippen molar-refractivity contribution in [2.75, 3.05) is 6.26 Å². The normalized spacial score (nSPS) is 37.8. The van der Waals surface area contributed by atoms with E-state index in [1.54, 1.807) is 12.3 Å². The summed E-state index contributed by atoms with van der Waals surface area (Å²) < 4.78 is 12.4. The molecule has 2 N–H and O–H groups in total. The standard InChI is InChI=1S/C22H34O3S/c1-14-21(4)10-7-9-20(2,3)18(21)8-11-22(14,5)19-16(24)12-15(23)13-17(19)26(6)25/h12-14,18,23-24H,7-11H2,1-6H3/t14-,18+,21-,22-,26?/m1/s1. The molecule has 1 aromatic rings. The van der Waals surface area contributed by atoms with Gasteiger partial charge in [0.25, 0.3) is 0 Å². The molecule has 2 saturated carbocycles. The zero-order valence-corrected chi connectivity index (χ0v) is 17.9. The number of phenols is 2. The SMILES string of the molecule is C[C@@H]1[C@@]2(C)CCCC(C)(C)[C@@H]2CC[C@@]1(C)c1c(O)cc(O)cc1S(C)=O. The molecular formula is C22H34O3S. The number of hydrogen-bond donors (Lipinski definition) is 2. The Bertz CT molecular complexity index is 741. The third kappa shape index (κ3) is 2.80. The van der Waals surface area contributed by atoms with Gasteiger partial charge in [-0.15, -0.1) is 0 Å². The van der Waals surface area contributed by atoms with E-state index < -0.39 is 10.8 Å². The van der Waals surface area contributed by atoms with Crippen LogP contribution < -0.4 is 0 Å². The van der Waals surface area contributed by atoms with E-state index in [0.717, 1.165) is 18.4 Å². The molecule has 0 saturated heterocycles. The van der Waals surface area contributed by atoms with Crippen molar-refractivity contribution >= 4 is 10.8 Å². The Morgan fingerprint density at radius 1 is 1.08 bits per heavy atom. The van der Waals surface area contributed by atoms with Crippen molar-refractivity contribution < 1.29 is 14.4 Å². The number of rotatable bonds is 2. The number of hydrogen-bond acceptors (Lipinski definition) is 3. The lowest BCUT2D eigenvalue weighted by Crippen LogP contribution is -2.55. The van der Waals surface area contributed by atoms with Crippen molar-refractivity contribution in [3.05, 3.63) is 17.7 Å². The molecule has 1 unspecified atom stereocenters. The molecule has 0 bridgehead atoms. The summed E-state index contributed by atoms with van der Waals surface area (Å²) in [6.07, 6.45) is 7.46. The van der Waals surface area contributed by atoms with Crippen molar-refractivity contribution in [2.24, 2.45) is 22.7 Å². The van der Waals surface area contributed by atoms with Gasteiger partial charge in [0.15, 0.2) is 0 Å². The largest absolute Gasteiger partial charge is 0.508 e. The second kappa shape index (κ2) is 6.25. The topological polar surface area (TPSA) is 57.5 Å². The van der Waals surface area contributed by atoms with Crippen LogP contribution in [0, 0.1) is 22.7 Å². The van der Waals surface area contributed by atoms with E-state index in [-0.39, 0.29) is 22.3 Å². The molecule has 2 aliphatic carbocycles. The molecule has 1 aromatic carbocycles. The third-order valence-corrected chi connectivity index (χ3v) is 9.06. The summed E-state index contributed by atoms with van der Waals surface area (Å²) in [6, 6.07) is 2.98. The maximum Gasteiger partial charge on any atom is 0.124 e. The summed E-state index contributed by atoms with van der Waals surface area (Å²) in [5.74, 6) is 1.08.